The van der Waals surface area contributed by atoms with Gasteiger partial charge in [0, 0.05) is 0 Å². The van der Waals surface area contributed by atoms with Gasteiger partial charge in [-0.05, 0) is 67.8 Å². The molecule has 4 aromatic carbocycles. The second kappa shape index (κ2) is 12.5. The standard InChI is InChI=1S/C29H28O8P2/c30-38(32-24-14-5-1-6-15-24,33-25-16-7-2-8-17-25)36-28-22-13-23-29(28)37-39(31,34-26-18-9-3-10-19-26)35-27-20-11-4-12-21-27/h1-12,14-21,28-29H,13,22-23H2. The lowest BCUT2D eigenvalue weighted by molar-refractivity contribution is 0.0407. The molecule has 1 saturated carbocycles. The lowest BCUT2D eigenvalue weighted by atomic mass is 10.3. The smallest absolute Gasteiger partial charge is 0.395 e. The minimum Gasteiger partial charge on any atom is -0.395 e. The molecule has 0 N–H and O–H groups in total. The van der Waals surface area contributed by atoms with E-state index in [4.69, 9.17) is 27.1 Å². The van der Waals surface area contributed by atoms with E-state index in [1.165, 1.54) is 0 Å². The van der Waals surface area contributed by atoms with Crippen LogP contribution in [0.4, 0.5) is 0 Å². The molecule has 0 heterocycles. The van der Waals surface area contributed by atoms with Crippen LogP contribution in [-0.2, 0) is 18.2 Å². The molecule has 202 valence electrons. The Kier molecular flexibility index (Phi) is 8.70. The second-order valence-electron chi connectivity index (χ2n) is 8.73. The maximum atomic E-state index is 13.9. The summed E-state index contributed by atoms with van der Waals surface area (Å²) in [6.07, 6.45) is 0.0806. The van der Waals surface area contributed by atoms with Crippen LogP contribution in [0.15, 0.2) is 121 Å². The third kappa shape index (κ3) is 7.75. The van der Waals surface area contributed by atoms with Crippen molar-refractivity contribution in [2.24, 2.45) is 0 Å². The first kappa shape index (κ1) is 27.0. The van der Waals surface area contributed by atoms with E-state index in [2.05, 4.69) is 0 Å². The Hall–Kier alpha value is -3.54. The van der Waals surface area contributed by atoms with Crippen molar-refractivity contribution in [2.75, 3.05) is 0 Å². The zero-order valence-corrected chi connectivity index (χ0v) is 22.8. The van der Waals surface area contributed by atoms with Gasteiger partial charge >= 0.3 is 15.6 Å². The quantitative estimate of drug-likeness (QED) is 0.158. The monoisotopic (exact) mass is 566 g/mol. The number of para-hydroxylation sites is 4. The van der Waals surface area contributed by atoms with Crippen molar-refractivity contribution >= 4 is 15.6 Å². The van der Waals surface area contributed by atoms with E-state index in [1.54, 1.807) is 97.1 Å². The molecule has 0 radical (unpaired) electrons. The van der Waals surface area contributed by atoms with Crippen molar-refractivity contribution in [3.05, 3.63) is 121 Å². The Morgan fingerprint density at radius 3 is 0.949 bits per heavy atom. The Morgan fingerprint density at radius 2 is 0.692 bits per heavy atom. The summed E-state index contributed by atoms with van der Waals surface area (Å²) in [7, 11) is -8.40. The van der Waals surface area contributed by atoms with Gasteiger partial charge in [-0.1, -0.05) is 72.8 Å². The van der Waals surface area contributed by atoms with Gasteiger partial charge in [-0.3, -0.25) is 9.05 Å². The van der Waals surface area contributed by atoms with Crippen molar-refractivity contribution in [3.63, 3.8) is 0 Å². The fourth-order valence-electron chi connectivity index (χ4n) is 4.03. The van der Waals surface area contributed by atoms with Crippen LogP contribution in [0.25, 0.3) is 0 Å². The number of hydrogen-bond donors (Lipinski definition) is 0. The zero-order valence-electron chi connectivity index (χ0n) is 21.0. The van der Waals surface area contributed by atoms with Gasteiger partial charge < -0.3 is 18.1 Å². The zero-order chi connectivity index (χ0) is 27.0. The molecule has 1 fully saturated rings. The van der Waals surface area contributed by atoms with E-state index < -0.39 is 27.9 Å². The van der Waals surface area contributed by atoms with Crippen LogP contribution in [0.2, 0.25) is 0 Å². The van der Waals surface area contributed by atoms with Gasteiger partial charge in [0.15, 0.2) is 0 Å². The predicted octanol–water partition coefficient (Wildman–Crippen LogP) is 8.47. The molecule has 1 aliphatic carbocycles. The van der Waals surface area contributed by atoms with Crippen molar-refractivity contribution in [1.29, 1.82) is 0 Å². The molecule has 2 atom stereocenters. The summed E-state index contributed by atoms with van der Waals surface area (Å²) < 4.78 is 63.0. The fraction of sp³-hybridized carbons (Fsp3) is 0.172. The summed E-state index contributed by atoms with van der Waals surface area (Å²) in [6, 6.07) is 34.5. The summed E-state index contributed by atoms with van der Waals surface area (Å²) in [5.74, 6) is 1.27. The SMILES string of the molecule is O=P(Oc1ccccc1)(Oc1ccccc1)OC1CCCC1OP(=O)(Oc1ccccc1)Oc1ccccc1. The highest BCUT2D eigenvalue weighted by molar-refractivity contribution is 7.49. The molecule has 8 nitrogen and oxygen atoms in total. The summed E-state index contributed by atoms with van der Waals surface area (Å²) in [6.45, 7) is 0. The fourth-order valence-corrected chi connectivity index (χ4v) is 6.94. The molecule has 1 aliphatic rings. The first-order valence-corrected chi connectivity index (χ1v) is 15.5. The van der Waals surface area contributed by atoms with Crippen LogP contribution in [-0.4, -0.2) is 12.2 Å². The van der Waals surface area contributed by atoms with Crippen LogP contribution < -0.4 is 18.1 Å². The van der Waals surface area contributed by atoms with E-state index in [9.17, 15) is 9.13 Å². The molecule has 0 spiro atoms. The lowest BCUT2D eigenvalue weighted by Crippen LogP contribution is -2.27. The van der Waals surface area contributed by atoms with E-state index in [0.717, 1.165) is 0 Å². The number of phosphoric acid groups is 2. The van der Waals surface area contributed by atoms with E-state index in [1.807, 2.05) is 24.3 Å². The highest BCUT2D eigenvalue weighted by Crippen LogP contribution is 2.56. The third-order valence-electron chi connectivity index (χ3n) is 5.76. The van der Waals surface area contributed by atoms with Gasteiger partial charge in [0.25, 0.3) is 0 Å². The van der Waals surface area contributed by atoms with Gasteiger partial charge in [0.1, 0.15) is 23.0 Å². The van der Waals surface area contributed by atoms with Crippen LogP contribution in [0.3, 0.4) is 0 Å². The number of rotatable bonds is 12. The van der Waals surface area contributed by atoms with Crippen molar-refractivity contribution < 1.29 is 36.3 Å². The Morgan fingerprint density at radius 1 is 0.436 bits per heavy atom. The Bertz CT molecular complexity index is 1200. The van der Waals surface area contributed by atoms with Crippen LogP contribution in [0.5, 0.6) is 23.0 Å². The van der Waals surface area contributed by atoms with Gasteiger partial charge in [-0.15, -0.1) is 0 Å². The highest BCUT2D eigenvalue weighted by Gasteiger charge is 2.45. The number of phosphoric ester groups is 2. The molecule has 0 bridgehead atoms. The van der Waals surface area contributed by atoms with Crippen LogP contribution in [0.1, 0.15) is 19.3 Å². The molecule has 0 aromatic heterocycles. The van der Waals surface area contributed by atoms with Crippen molar-refractivity contribution in [2.45, 2.75) is 31.5 Å². The Balaban J connectivity index is 1.38. The maximum absolute atomic E-state index is 13.9. The molecule has 0 saturated heterocycles. The summed E-state index contributed by atoms with van der Waals surface area (Å²) >= 11 is 0. The second-order valence-corrected chi connectivity index (χ2v) is 11.7. The molecule has 39 heavy (non-hydrogen) atoms. The van der Waals surface area contributed by atoms with Gasteiger partial charge in [-0.2, -0.15) is 0 Å². The van der Waals surface area contributed by atoms with Crippen LogP contribution in [0, 0.1) is 0 Å². The molecule has 4 aromatic rings. The summed E-state index contributed by atoms with van der Waals surface area (Å²) in [5, 5.41) is 0. The largest absolute Gasteiger partial charge is 0.587 e. The predicted molar refractivity (Wildman–Crippen MR) is 147 cm³/mol. The van der Waals surface area contributed by atoms with E-state index in [-0.39, 0.29) is 0 Å². The van der Waals surface area contributed by atoms with Crippen LogP contribution >= 0.6 is 15.6 Å². The molecule has 5 rings (SSSR count). The van der Waals surface area contributed by atoms with Crippen molar-refractivity contribution in [1.82, 2.24) is 0 Å². The minimum absolute atomic E-state index is 0.317. The topological polar surface area (TPSA) is 89.5 Å². The maximum Gasteiger partial charge on any atom is 0.587 e. The molecule has 2 unspecified atom stereocenters. The lowest BCUT2D eigenvalue weighted by Gasteiger charge is -2.27. The first-order chi connectivity index (χ1) is 19.0. The van der Waals surface area contributed by atoms with Gasteiger partial charge in [0.05, 0.1) is 12.2 Å². The van der Waals surface area contributed by atoms with E-state index in [0.29, 0.717) is 42.3 Å². The molecule has 10 heteroatoms. The number of hydrogen-bond acceptors (Lipinski definition) is 8. The van der Waals surface area contributed by atoms with Crippen molar-refractivity contribution in [3.8, 4) is 23.0 Å². The van der Waals surface area contributed by atoms with Gasteiger partial charge in [-0.25, -0.2) is 9.13 Å². The Labute approximate surface area is 227 Å². The third-order valence-corrected chi connectivity index (χ3v) is 8.56. The minimum atomic E-state index is -4.20. The molecule has 0 amide bonds. The van der Waals surface area contributed by atoms with Gasteiger partial charge in [0.2, 0.25) is 0 Å². The normalized spacial score (nSPS) is 17.3. The number of benzene rings is 4. The average Bonchev–Trinajstić information content (AvgIpc) is 3.35. The summed E-state index contributed by atoms with van der Waals surface area (Å²) in [4.78, 5) is 0. The highest BCUT2D eigenvalue weighted by atomic mass is 31.2. The molecule has 0 aliphatic heterocycles. The average molecular weight is 566 g/mol. The summed E-state index contributed by atoms with van der Waals surface area (Å²) in [5.41, 5.74) is 0. The van der Waals surface area contributed by atoms with E-state index >= 15 is 0 Å². The molecular weight excluding hydrogens is 538 g/mol. The molecular formula is C29H28O8P2. The first-order valence-electron chi connectivity index (χ1n) is 12.5.